The van der Waals surface area contributed by atoms with Gasteiger partial charge in [0.2, 0.25) is 11.8 Å². The summed E-state index contributed by atoms with van der Waals surface area (Å²) >= 11 is 0. The van der Waals surface area contributed by atoms with Crippen LogP contribution in [0, 0.1) is 0 Å². The lowest BCUT2D eigenvalue weighted by Crippen LogP contribution is -2.34. The summed E-state index contributed by atoms with van der Waals surface area (Å²) in [5, 5.41) is 5.64. The van der Waals surface area contributed by atoms with Crippen LogP contribution in [0.4, 0.5) is 4.79 Å². The van der Waals surface area contributed by atoms with Crippen LogP contribution in [0.25, 0.3) is 0 Å². The Labute approximate surface area is 194 Å². The summed E-state index contributed by atoms with van der Waals surface area (Å²) in [7, 11) is 0. The van der Waals surface area contributed by atoms with E-state index >= 15 is 0 Å². The van der Waals surface area contributed by atoms with Gasteiger partial charge in [0.15, 0.2) is 0 Å². The molecule has 1 saturated heterocycles. The normalized spacial score (nSPS) is 13.7. The molecule has 6 heteroatoms. The van der Waals surface area contributed by atoms with E-state index in [2.05, 4.69) is 10.6 Å². The molecule has 4 rings (SSSR count). The van der Waals surface area contributed by atoms with Crippen molar-refractivity contribution in [3.05, 3.63) is 108 Å². The SMILES string of the molecule is CC(c1ccccc1)N1C(=O)CCC1=O.O=C(NCc1ccccc1)NCc1ccccc1. The molecule has 0 aliphatic carbocycles. The van der Waals surface area contributed by atoms with Gasteiger partial charge in [-0.05, 0) is 23.6 Å². The molecule has 1 atom stereocenters. The molecule has 0 bridgehead atoms. The number of carbonyl (C=O) groups is 3. The number of carbonyl (C=O) groups excluding carboxylic acids is 3. The van der Waals surface area contributed by atoms with E-state index in [0.29, 0.717) is 25.9 Å². The predicted octanol–water partition coefficient (Wildman–Crippen LogP) is 4.58. The van der Waals surface area contributed by atoms with Crippen LogP contribution in [0.3, 0.4) is 0 Å². The van der Waals surface area contributed by atoms with Crippen LogP contribution in [0.5, 0.6) is 0 Å². The number of rotatable bonds is 6. The Morgan fingerprint density at radius 2 is 1.12 bits per heavy atom. The van der Waals surface area contributed by atoms with Crippen LogP contribution in [-0.2, 0) is 22.7 Å². The minimum absolute atomic E-state index is 0.0589. The standard InChI is InChI=1S/C15H16N2O.C12H13NO2/c18-15(16-11-13-7-3-1-4-8-13)17-12-14-9-5-2-6-10-14;1-9(10-5-3-2-4-6-10)13-11(14)7-8-12(13)15/h1-10H,11-12H2,(H2,16,17,18);2-6,9H,7-8H2,1H3. The van der Waals surface area contributed by atoms with E-state index in [9.17, 15) is 14.4 Å². The molecule has 0 aromatic heterocycles. The molecule has 3 aromatic rings. The van der Waals surface area contributed by atoms with E-state index in [4.69, 9.17) is 0 Å². The van der Waals surface area contributed by atoms with Gasteiger partial charge in [-0.25, -0.2) is 4.79 Å². The summed E-state index contributed by atoms with van der Waals surface area (Å²) < 4.78 is 0. The van der Waals surface area contributed by atoms with Crippen LogP contribution < -0.4 is 10.6 Å². The van der Waals surface area contributed by atoms with Gasteiger partial charge >= 0.3 is 6.03 Å². The number of hydrogen-bond acceptors (Lipinski definition) is 3. The van der Waals surface area contributed by atoms with E-state index in [1.54, 1.807) is 0 Å². The Balaban J connectivity index is 0.000000189. The molecule has 1 aliphatic rings. The average Bonchev–Trinajstić information content (AvgIpc) is 3.21. The fourth-order valence-electron chi connectivity index (χ4n) is 3.53. The Morgan fingerprint density at radius 3 is 1.55 bits per heavy atom. The van der Waals surface area contributed by atoms with Crippen LogP contribution >= 0.6 is 0 Å². The number of amides is 4. The zero-order chi connectivity index (χ0) is 23.5. The molecule has 33 heavy (non-hydrogen) atoms. The summed E-state index contributed by atoms with van der Waals surface area (Å²) in [4.78, 5) is 35.9. The van der Waals surface area contributed by atoms with E-state index in [1.165, 1.54) is 4.90 Å². The molecule has 0 saturated carbocycles. The van der Waals surface area contributed by atoms with Gasteiger partial charge < -0.3 is 10.6 Å². The minimum atomic E-state index is -0.150. The topological polar surface area (TPSA) is 78.5 Å². The third-order valence-corrected chi connectivity index (χ3v) is 5.35. The van der Waals surface area contributed by atoms with Crippen molar-refractivity contribution in [3.8, 4) is 0 Å². The molecule has 1 aliphatic heterocycles. The first-order valence-corrected chi connectivity index (χ1v) is 11.0. The minimum Gasteiger partial charge on any atom is -0.334 e. The second kappa shape index (κ2) is 12.2. The number of urea groups is 1. The molecular weight excluding hydrogens is 414 g/mol. The largest absolute Gasteiger partial charge is 0.334 e. The zero-order valence-electron chi connectivity index (χ0n) is 18.7. The molecular formula is C27H29N3O3. The number of nitrogens with zero attached hydrogens (tertiary/aromatic N) is 1. The van der Waals surface area contributed by atoms with Crippen LogP contribution in [-0.4, -0.2) is 22.7 Å². The van der Waals surface area contributed by atoms with Crippen molar-refractivity contribution in [2.75, 3.05) is 0 Å². The third-order valence-electron chi connectivity index (χ3n) is 5.35. The molecule has 170 valence electrons. The summed E-state index contributed by atoms with van der Waals surface area (Å²) in [6, 6.07) is 29.0. The van der Waals surface area contributed by atoms with E-state index in [1.807, 2.05) is 97.9 Å². The Morgan fingerprint density at radius 1 is 0.727 bits per heavy atom. The molecule has 4 amide bonds. The maximum Gasteiger partial charge on any atom is 0.315 e. The van der Waals surface area contributed by atoms with Crippen molar-refractivity contribution in [1.29, 1.82) is 0 Å². The van der Waals surface area contributed by atoms with E-state index in [0.717, 1.165) is 16.7 Å². The van der Waals surface area contributed by atoms with Gasteiger partial charge in [0, 0.05) is 25.9 Å². The molecule has 0 radical (unpaired) electrons. The van der Waals surface area contributed by atoms with Crippen molar-refractivity contribution in [2.45, 2.75) is 38.9 Å². The van der Waals surface area contributed by atoms with Gasteiger partial charge in [-0.3, -0.25) is 14.5 Å². The third kappa shape index (κ3) is 7.31. The summed E-state index contributed by atoms with van der Waals surface area (Å²) in [5.74, 6) is -0.118. The predicted molar refractivity (Wildman–Crippen MR) is 128 cm³/mol. The van der Waals surface area contributed by atoms with Gasteiger partial charge in [-0.15, -0.1) is 0 Å². The maximum atomic E-state index is 11.6. The fourth-order valence-corrected chi connectivity index (χ4v) is 3.53. The number of benzene rings is 3. The molecule has 1 heterocycles. The van der Waals surface area contributed by atoms with Crippen molar-refractivity contribution >= 4 is 17.8 Å². The highest BCUT2D eigenvalue weighted by Crippen LogP contribution is 2.25. The van der Waals surface area contributed by atoms with Gasteiger partial charge in [-0.2, -0.15) is 0 Å². The Kier molecular flexibility index (Phi) is 8.77. The Hall–Kier alpha value is -3.93. The van der Waals surface area contributed by atoms with Crippen molar-refractivity contribution in [1.82, 2.24) is 15.5 Å². The van der Waals surface area contributed by atoms with E-state index < -0.39 is 0 Å². The summed E-state index contributed by atoms with van der Waals surface area (Å²) in [5.41, 5.74) is 3.18. The molecule has 0 spiro atoms. The Bertz CT molecular complexity index is 978. The lowest BCUT2D eigenvalue weighted by molar-refractivity contribution is -0.140. The molecule has 1 fully saturated rings. The quantitative estimate of drug-likeness (QED) is 0.547. The van der Waals surface area contributed by atoms with Gasteiger partial charge in [0.25, 0.3) is 0 Å². The fraction of sp³-hybridized carbons (Fsp3) is 0.222. The van der Waals surface area contributed by atoms with Crippen molar-refractivity contribution < 1.29 is 14.4 Å². The average molecular weight is 444 g/mol. The van der Waals surface area contributed by atoms with Gasteiger partial charge in [0.1, 0.15) is 0 Å². The first kappa shape index (κ1) is 23.7. The first-order valence-electron chi connectivity index (χ1n) is 11.0. The van der Waals surface area contributed by atoms with Crippen LogP contribution in [0.1, 0.15) is 42.5 Å². The molecule has 6 nitrogen and oxygen atoms in total. The highest BCUT2D eigenvalue weighted by Gasteiger charge is 2.33. The van der Waals surface area contributed by atoms with Gasteiger partial charge in [0.05, 0.1) is 6.04 Å². The number of hydrogen-bond donors (Lipinski definition) is 2. The highest BCUT2D eigenvalue weighted by molar-refractivity contribution is 6.02. The summed E-state index contributed by atoms with van der Waals surface area (Å²) in [6.45, 7) is 2.97. The number of likely N-dealkylation sites (tertiary alicyclic amines) is 1. The van der Waals surface area contributed by atoms with Crippen molar-refractivity contribution in [3.63, 3.8) is 0 Å². The smallest absolute Gasteiger partial charge is 0.315 e. The molecule has 3 aromatic carbocycles. The maximum absolute atomic E-state index is 11.6. The zero-order valence-corrected chi connectivity index (χ0v) is 18.7. The molecule has 1 unspecified atom stereocenters. The first-order chi connectivity index (χ1) is 16.0. The lowest BCUT2D eigenvalue weighted by Gasteiger charge is -2.22. The monoisotopic (exact) mass is 443 g/mol. The summed E-state index contributed by atoms with van der Waals surface area (Å²) in [6.07, 6.45) is 0.714. The van der Waals surface area contributed by atoms with Crippen LogP contribution in [0.15, 0.2) is 91.0 Å². The van der Waals surface area contributed by atoms with Crippen molar-refractivity contribution in [2.24, 2.45) is 0 Å². The number of nitrogens with one attached hydrogen (secondary N) is 2. The lowest BCUT2D eigenvalue weighted by atomic mass is 10.1. The molecule has 2 N–H and O–H groups in total. The number of imide groups is 1. The van der Waals surface area contributed by atoms with E-state index in [-0.39, 0.29) is 23.9 Å². The second-order valence-electron chi connectivity index (χ2n) is 7.75. The van der Waals surface area contributed by atoms with Crippen LogP contribution in [0.2, 0.25) is 0 Å². The highest BCUT2D eigenvalue weighted by atomic mass is 16.2. The second-order valence-corrected chi connectivity index (χ2v) is 7.75. The van der Waals surface area contributed by atoms with Gasteiger partial charge in [-0.1, -0.05) is 91.0 Å².